The molecule has 0 radical (unpaired) electrons. The summed E-state index contributed by atoms with van der Waals surface area (Å²) in [6, 6.07) is 1.04. The van der Waals surface area contributed by atoms with Crippen molar-refractivity contribution in [2.45, 2.75) is 25.2 Å². The summed E-state index contributed by atoms with van der Waals surface area (Å²) in [6.07, 6.45) is -10.3. The number of rotatable bonds is 5. The van der Waals surface area contributed by atoms with Crippen molar-refractivity contribution in [2.75, 3.05) is 13.1 Å². The van der Waals surface area contributed by atoms with Crippen LogP contribution in [-0.4, -0.2) is 25.4 Å². The lowest BCUT2D eigenvalue weighted by Gasteiger charge is -2.14. The molecular formula is C8H10F6N2. The van der Waals surface area contributed by atoms with Crippen molar-refractivity contribution in [1.82, 2.24) is 5.32 Å². The van der Waals surface area contributed by atoms with Crippen LogP contribution in [0.1, 0.15) is 12.8 Å². The van der Waals surface area contributed by atoms with Crippen LogP contribution < -0.4 is 5.32 Å². The van der Waals surface area contributed by atoms with E-state index in [1.54, 1.807) is 0 Å². The third kappa shape index (κ3) is 7.34. The summed E-state index contributed by atoms with van der Waals surface area (Å²) in [5.74, 6) is -2.18. The van der Waals surface area contributed by atoms with Gasteiger partial charge in [0.1, 0.15) is 0 Å². The first-order chi connectivity index (χ1) is 7.17. The van der Waals surface area contributed by atoms with Gasteiger partial charge in [-0.25, -0.2) is 0 Å². The summed E-state index contributed by atoms with van der Waals surface area (Å²) in [5, 5.41) is 10.3. The maximum absolute atomic E-state index is 12.0. The normalized spacial score (nSPS) is 14.6. The second-order valence-corrected chi connectivity index (χ2v) is 3.15. The maximum Gasteiger partial charge on any atom is 0.405 e. The van der Waals surface area contributed by atoms with Gasteiger partial charge in [0.05, 0.1) is 6.07 Å². The van der Waals surface area contributed by atoms with Crippen LogP contribution in [0.5, 0.6) is 0 Å². The monoisotopic (exact) mass is 248 g/mol. The molecule has 16 heavy (non-hydrogen) atoms. The molecule has 0 aromatic rings. The van der Waals surface area contributed by atoms with Crippen LogP contribution in [0.3, 0.4) is 0 Å². The van der Waals surface area contributed by atoms with Crippen LogP contribution in [0, 0.1) is 17.2 Å². The highest BCUT2D eigenvalue weighted by atomic mass is 19.4. The molecule has 0 saturated heterocycles. The molecule has 0 aliphatic heterocycles. The number of halogens is 6. The Hall–Kier alpha value is -0.970. The van der Waals surface area contributed by atoms with E-state index in [1.807, 2.05) is 0 Å². The Morgan fingerprint density at radius 3 is 2.06 bits per heavy atom. The van der Waals surface area contributed by atoms with Crippen molar-refractivity contribution < 1.29 is 26.3 Å². The van der Waals surface area contributed by atoms with Gasteiger partial charge in [-0.1, -0.05) is 0 Å². The van der Waals surface area contributed by atoms with Crippen LogP contribution in [0.25, 0.3) is 0 Å². The Balaban J connectivity index is 3.71. The summed E-state index contributed by atoms with van der Waals surface area (Å²) < 4.78 is 70.8. The average molecular weight is 248 g/mol. The highest BCUT2D eigenvalue weighted by molar-refractivity contribution is 4.89. The van der Waals surface area contributed by atoms with Gasteiger partial charge in [0.25, 0.3) is 0 Å². The van der Waals surface area contributed by atoms with E-state index in [1.165, 1.54) is 0 Å². The fraction of sp³-hybridized carbons (Fsp3) is 0.875. The molecule has 0 spiro atoms. The lowest BCUT2D eigenvalue weighted by molar-refractivity contribution is -0.158. The molecule has 8 heteroatoms. The lowest BCUT2D eigenvalue weighted by Crippen LogP contribution is -2.33. The average Bonchev–Trinajstić information content (AvgIpc) is 2.07. The number of alkyl halides is 6. The minimum Gasteiger partial charge on any atom is -0.315 e. The Bertz CT molecular complexity index is 238. The van der Waals surface area contributed by atoms with Crippen molar-refractivity contribution in [3.8, 4) is 6.07 Å². The Morgan fingerprint density at radius 2 is 1.69 bits per heavy atom. The van der Waals surface area contributed by atoms with Gasteiger partial charge in [0.15, 0.2) is 5.92 Å². The van der Waals surface area contributed by atoms with E-state index in [0.29, 0.717) is 0 Å². The molecular weight excluding hydrogens is 238 g/mol. The minimum absolute atomic E-state index is 0.201. The SMILES string of the molecule is N#CC(CNCCCC(F)(F)F)C(F)(F)F. The zero-order valence-corrected chi connectivity index (χ0v) is 8.12. The number of nitrogens with zero attached hydrogens (tertiary/aromatic N) is 1. The van der Waals surface area contributed by atoms with Crippen LogP contribution in [-0.2, 0) is 0 Å². The summed E-state index contributed by atoms with van der Waals surface area (Å²) in [4.78, 5) is 0. The van der Waals surface area contributed by atoms with E-state index in [9.17, 15) is 26.3 Å². The van der Waals surface area contributed by atoms with Crippen LogP contribution >= 0.6 is 0 Å². The molecule has 0 aliphatic carbocycles. The topological polar surface area (TPSA) is 35.8 Å². The smallest absolute Gasteiger partial charge is 0.315 e. The van der Waals surface area contributed by atoms with Crippen molar-refractivity contribution in [3.63, 3.8) is 0 Å². The van der Waals surface area contributed by atoms with E-state index >= 15 is 0 Å². The fourth-order valence-electron chi connectivity index (χ4n) is 0.895. The predicted octanol–water partition coefficient (Wildman–Crippen LogP) is 2.62. The molecule has 0 heterocycles. The van der Waals surface area contributed by atoms with Gasteiger partial charge >= 0.3 is 12.4 Å². The van der Waals surface area contributed by atoms with Crippen LogP contribution in [0.2, 0.25) is 0 Å². The lowest BCUT2D eigenvalue weighted by atomic mass is 10.1. The van der Waals surface area contributed by atoms with Crippen molar-refractivity contribution in [3.05, 3.63) is 0 Å². The zero-order chi connectivity index (χ0) is 12.8. The van der Waals surface area contributed by atoms with Crippen molar-refractivity contribution in [2.24, 2.45) is 5.92 Å². The first-order valence-electron chi connectivity index (χ1n) is 4.40. The second kappa shape index (κ2) is 5.94. The number of nitriles is 1. The molecule has 94 valence electrons. The Kier molecular flexibility index (Phi) is 5.58. The third-order valence-electron chi connectivity index (χ3n) is 1.71. The second-order valence-electron chi connectivity index (χ2n) is 3.15. The largest absolute Gasteiger partial charge is 0.405 e. The molecule has 1 unspecified atom stereocenters. The van der Waals surface area contributed by atoms with E-state index in [4.69, 9.17) is 5.26 Å². The van der Waals surface area contributed by atoms with E-state index < -0.39 is 31.2 Å². The van der Waals surface area contributed by atoms with Gasteiger partial charge in [0.2, 0.25) is 0 Å². The quantitative estimate of drug-likeness (QED) is 0.599. The van der Waals surface area contributed by atoms with Crippen LogP contribution in [0.15, 0.2) is 0 Å². The highest BCUT2D eigenvalue weighted by Gasteiger charge is 2.39. The van der Waals surface area contributed by atoms with Gasteiger partial charge in [-0.3, -0.25) is 0 Å². The molecule has 0 aliphatic rings. The van der Waals surface area contributed by atoms with E-state index in [2.05, 4.69) is 5.32 Å². The van der Waals surface area contributed by atoms with Gasteiger partial charge in [-0.05, 0) is 13.0 Å². The number of hydrogen-bond donors (Lipinski definition) is 1. The molecule has 1 atom stereocenters. The summed E-state index contributed by atoms with van der Waals surface area (Å²) in [5.41, 5.74) is 0. The summed E-state index contributed by atoms with van der Waals surface area (Å²) in [6.45, 7) is -0.883. The van der Waals surface area contributed by atoms with E-state index in [0.717, 1.165) is 6.07 Å². The van der Waals surface area contributed by atoms with Crippen molar-refractivity contribution in [1.29, 1.82) is 5.26 Å². The molecule has 0 rings (SSSR count). The first-order valence-corrected chi connectivity index (χ1v) is 4.40. The van der Waals surface area contributed by atoms with Gasteiger partial charge in [0, 0.05) is 13.0 Å². The fourth-order valence-corrected chi connectivity index (χ4v) is 0.895. The molecule has 2 nitrogen and oxygen atoms in total. The number of hydrogen-bond acceptors (Lipinski definition) is 2. The maximum atomic E-state index is 12.0. The molecule has 1 N–H and O–H groups in total. The van der Waals surface area contributed by atoms with Crippen molar-refractivity contribution >= 4 is 0 Å². The standard InChI is InChI=1S/C8H10F6N2/c9-7(10,11)2-1-3-16-5-6(4-15)8(12,13)14/h6,16H,1-3,5H2. The molecule has 0 amide bonds. The Labute approximate surface area is 88.2 Å². The Morgan fingerprint density at radius 1 is 1.12 bits per heavy atom. The highest BCUT2D eigenvalue weighted by Crippen LogP contribution is 2.25. The third-order valence-corrected chi connectivity index (χ3v) is 1.71. The van der Waals surface area contributed by atoms with Crippen LogP contribution in [0.4, 0.5) is 26.3 Å². The molecule has 0 aromatic heterocycles. The molecule has 0 aromatic carbocycles. The first kappa shape index (κ1) is 15.0. The number of nitrogens with one attached hydrogen (secondary N) is 1. The predicted molar refractivity (Wildman–Crippen MR) is 43.3 cm³/mol. The summed E-state index contributed by atoms with van der Waals surface area (Å²) in [7, 11) is 0. The van der Waals surface area contributed by atoms with Gasteiger partial charge in [-0.2, -0.15) is 31.6 Å². The molecule has 0 bridgehead atoms. The van der Waals surface area contributed by atoms with Gasteiger partial charge in [-0.15, -0.1) is 0 Å². The minimum atomic E-state index is -4.65. The van der Waals surface area contributed by atoms with E-state index in [-0.39, 0.29) is 13.0 Å². The zero-order valence-electron chi connectivity index (χ0n) is 8.12. The summed E-state index contributed by atoms with van der Waals surface area (Å²) >= 11 is 0. The molecule has 0 fully saturated rings. The van der Waals surface area contributed by atoms with Gasteiger partial charge < -0.3 is 5.32 Å². The molecule has 0 saturated carbocycles.